The van der Waals surface area contributed by atoms with Crippen molar-refractivity contribution in [2.45, 2.75) is 18.7 Å². The van der Waals surface area contributed by atoms with Crippen LogP contribution in [0.5, 0.6) is 5.75 Å². The number of carbonyl (C=O) groups is 1. The first-order valence-electron chi connectivity index (χ1n) is 9.78. The molecule has 0 heterocycles. The Morgan fingerprint density at radius 3 is 2.29 bits per heavy atom. The summed E-state index contributed by atoms with van der Waals surface area (Å²) >= 11 is 6.22. The Hall–Kier alpha value is -3.03. The molecule has 8 heteroatoms. The van der Waals surface area contributed by atoms with Crippen LogP contribution >= 0.6 is 11.6 Å². The van der Waals surface area contributed by atoms with Gasteiger partial charge in [0.05, 0.1) is 27.8 Å². The van der Waals surface area contributed by atoms with Gasteiger partial charge in [-0.25, -0.2) is 8.42 Å². The van der Waals surface area contributed by atoms with Crippen LogP contribution < -0.4 is 14.4 Å². The number of ether oxygens (including phenoxy) is 1. The molecule has 3 rings (SSSR count). The van der Waals surface area contributed by atoms with Gasteiger partial charge in [0, 0.05) is 12.2 Å². The van der Waals surface area contributed by atoms with Crippen molar-refractivity contribution in [1.82, 2.24) is 0 Å². The van der Waals surface area contributed by atoms with Crippen LogP contribution in [0.1, 0.15) is 24.2 Å². The van der Waals surface area contributed by atoms with Crippen LogP contribution in [0.3, 0.4) is 0 Å². The van der Waals surface area contributed by atoms with E-state index >= 15 is 0 Å². The molecular weight excluding hydrogens is 436 g/mol. The number of para-hydroxylation sites is 1. The molecule has 0 radical (unpaired) electrons. The molecule has 1 N–H and O–H groups in total. The molecule has 1 amide bonds. The van der Waals surface area contributed by atoms with Gasteiger partial charge in [0.15, 0.2) is 0 Å². The first-order valence-corrected chi connectivity index (χ1v) is 11.6. The topological polar surface area (TPSA) is 75.7 Å². The molecular formula is C23H23ClN2O4S. The van der Waals surface area contributed by atoms with E-state index in [1.165, 1.54) is 22.5 Å². The van der Waals surface area contributed by atoms with Crippen LogP contribution in [0.2, 0.25) is 5.02 Å². The van der Waals surface area contributed by atoms with Crippen LogP contribution in [-0.4, -0.2) is 27.5 Å². The summed E-state index contributed by atoms with van der Waals surface area (Å²) in [7, 11) is -3.88. The second kappa shape index (κ2) is 9.85. The van der Waals surface area contributed by atoms with Crippen LogP contribution in [-0.2, 0) is 10.0 Å². The quantitative estimate of drug-likeness (QED) is 0.503. The van der Waals surface area contributed by atoms with Crippen molar-refractivity contribution in [1.29, 1.82) is 0 Å². The number of halogens is 1. The number of anilines is 2. The molecule has 0 bridgehead atoms. The zero-order valence-electron chi connectivity index (χ0n) is 17.2. The van der Waals surface area contributed by atoms with E-state index in [0.717, 1.165) is 0 Å². The van der Waals surface area contributed by atoms with E-state index in [9.17, 15) is 13.2 Å². The van der Waals surface area contributed by atoms with Gasteiger partial charge in [-0.3, -0.25) is 9.10 Å². The van der Waals surface area contributed by atoms with E-state index in [1.54, 1.807) is 55.5 Å². The normalized spacial score (nSPS) is 11.1. The summed E-state index contributed by atoms with van der Waals surface area (Å²) in [6.45, 7) is 4.42. The monoisotopic (exact) mass is 458 g/mol. The third kappa shape index (κ3) is 5.18. The van der Waals surface area contributed by atoms with Crippen molar-refractivity contribution >= 4 is 38.9 Å². The van der Waals surface area contributed by atoms with E-state index in [0.29, 0.717) is 23.7 Å². The number of hydrogen-bond acceptors (Lipinski definition) is 4. The van der Waals surface area contributed by atoms with Crippen molar-refractivity contribution in [2.75, 3.05) is 22.8 Å². The first-order chi connectivity index (χ1) is 14.9. The number of amides is 1. The highest BCUT2D eigenvalue weighted by Crippen LogP contribution is 2.27. The highest BCUT2D eigenvalue weighted by molar-refractivity contribution is 7.92. The summed E-state index contributed by atoms with van der Waals surface area (Å²) in [5, 5.41) is 2.89. The molecule has 0 aliphatic carbocycles. The maximum atomic E-state index is 13.2. The third-order valence-electron chi connectivity index (χ3n) is 4.53. The second-order valence-corrected chi connectivity index (χ2v) is 8.83. The van der Waals surface area contributed by atoms with E-state index in [2.05, 4.69) is 5.32 Å². The fraction of sp³-hybridized carbons (Fsp3) is 0.174. The van der Waals surface area contributed by atoms with Gasteiger partial charge in [0.25, 0.3) is 15.9 Å². The van der Waals surface area contributed by atoms with Gasteiger partial charge in [-0.05, 0) is 68.4 Å². The summed E-state index contributed by atoms with van der Waals surface area (Å²) in [4.78, 5) is 12.8. The Labute approximate surface area is 187 Å². The number of rotatable bonds is 8. The lowest BCUT2D eigenvalue weighted by molar-refractivity contribution is 0.102. The minimum absolute atomic E-state index is 0.0144. The van der Waals surface area contributed by atoms with Gasteiger partial charge in [-0.1, -0.05) is 29.8 Å². The summed E-state index contributed by atoms with van der Waals surface area (Å²) in [5.74, 6) is 0.182. The summed E-state index contributed by atoms with van der Waals surface area (Å²) in [5.41, 5.74) is 1.15. The van der Waals surface area contributed by atoms with Crippen molar-refractivity contribution in [2.24, 2.45) is 0 Å². The Balaban J connectivity index is 1.89. The fourth-order valence-corrected chi connectivity index (χ4v) is 4.76. The van der Waals surface area contributed by atoms with Crippen molar-refractivity contribution < 1.29 is 17.9 Å². The minimum Gasteiger partial charge on any atom is -0.494 e. The highest BCUT2D eigenvalue weighted by atomic mass is 35.5. The maximum absolute atomic E-state index is 13.2. The predicted octanol–water partition coefficient (Wildman–Crippen LogP) is 5.21. The Morgan fingerprint density at radius 2 is 1.68 bits per heavy atom. The number of nitrogens with one attached hydrogen (secondary N) is 1. The van der Waals surface area contributed by atoms with E-state index in [4.69, 9.17) is 16.3 Å². The largest absolute Gasteiger partial charge is 0.494 e. The molecule has 0 atom stereocenters. The maximum Gasteiger partial charge on any atom is 0.264 e. The summed E-state index contributed by atoms with van der Waals surface area (Å²) < 4.78 is 33.2. The van der Waals surface area contributed by atoms with E-state index < -0.39 is 15.9 Å². The molecule has 6 nitrogen and oxygen atoms in total. The average molecular weight is 459 g/mol. The number of benzene rings is 3. The number of nitrogens with zero attached hydrogens (tertiary/aromatic N) is 1. The summed E-state index contributed by atoms with van der Waals surface area (Å²) in [6.07, 6.45) is 0. The Morgan fingerprint density at radius 1 is 1.00 bits per heavy atom. The molecule has 0 saturated carbocycles. The van der Waals surface area contributed by atoms with Crippen LogP contribution in [0.15, 0.2) is 77.7 Å². The zero-order valence-corrected chi connectivity index (χ0v) is 18.8. The molecule has 0 aliphatic rings. The third-order valence-corrected chi connectivity index (χ3v) is 6.75. The Bertz CT molecular complexity index is 1150. The smallest absolute Gasteiger partial charge is 0.264 e. The van der Waals surface area contributed by atoms with Crippen LogP contribution in [0.25, 0.3) is 0 Å². The summed E-state index contributed by atoms with van der Waals surface area (Å²) in [6, 6.07) is 19.8. The van der Waals surface area contributed by atoms with Gasteiger partial charge >= 0.3 is 0 Å². The fourth-order valence-electron chi connectivity index (χ4n) is 3.05. The number of carbonyl (C=O) groups excluding carboxylic acids is 1. The number of hydrogen-bond donors (Lipinski definition) is 1. The van der Waals surface area contributed by atoms with Crippen LogP contribution in [0, 0.1) is 0 Å². The minimum atomic E-state index is -3.88. The van der Waals surface area contributed by atoms with E-state index in [1.807, 2.05) is 13.0 Å². The molecule has 0 unspecified atom stereocenters. The lowest BCUT2D eigenvalue weighted by Crippen LogP contribution is -2.31. The van der Waals surface area contributed by atoms with Gasteiger partial charge in [-0.2, -0.15) is 0 Å². The lowest BCUT2D eigenvalue weighted by Gasteiger charge is -2.23. The second-order valence-electron chi connectivity index (χ2n) is 6.56. The molecule has 0 fully saturated rings. The first kappa shape index (κ1) is 22.7. The van der Waals surface area contributed by atoms with Gasteiger partial charge in [0.2, 0.25) is 0 Å². The van der Waals surface area contributed by atoms with Gasteiger partial charge in [-0.15, -0.1) is 0 Å². The molecule has 3 aromatic carbocycles. The molecule has 31 heavy (non-hydrogen) atoms. The SMILES string of the molecule is CCOc1ccc(NC(=O)c2cc(S(=O)(=O)N(CC)c3ccccc3)ccc2Cl)cc1. The predicted molar refractivity (Wildman–Crippen MR) is 124 cm³/mol. The molecule has 162 valence electrons. The Kier molecular flexibility index (Phi) is 7.20. The standard InChI is InChI=1S/C23H23ClN2O4S/c1-3-26(18-8-6-5-7-9-18)31(28,29)20-14-15-22(24)21(16-20)23(27)25-17-10-12-19(13-11-17)30-4-2/h5-16H,3-4H2,1-2H3,(H,25,27). The molecule has 0 aliphatic heterocycles. The van der Waals surface area contributed by atoms with Crippen molar-refractivity contribution in [3.63, 3.8) is 0 Å². The molecule has 0 aromatic heterocycles. The van der Waals surface area contributed by atoms with Crippen LogP contribution in [0.4, 0.5) is 11.4 Å². The van der Waals surface area contributed by atoms with Crippen molar-refractivity contribution in [3.05, 3.63) is 83.4 Å². The van der Waals surface area contributed by atoms with Gasteiger partial charge in [0.1, 0.15) is 5.75 Å². The van der Waals surface area contributed by atoms with Gasteiger partial charge < -0.3 is 10.1 Å². The number of sulfonamides is 1. The van der Waals surface area contributed by atoms with E-state index in [-0.39, 0.29) is 22.0 Å². The molecule has 3 aromatic rings. The molecule has 0 saturated heterocycles. The lowest BCUT2D eigenvalue weighted by atomic mass is 10.2. The highest BCUT2D eigenvalue weighted by Gasteiger charge is 2.25. The zero-order chi connectivity index (χ0) is 22.4. The molecule has 0 spiro atoms. The van der Waals surface area contributed by atoms with Crippen molar-refractivity contribution in [3.8, 4) is 5.75 Å². The average Bonchev–Trinajstić information content (AvgIpc) is 2.76.